The molecule has 0 aliphatic carbocycles. The van der Waals surface area contributed by atoms with E-state index in [2.05, 4.69) is 19.2 Å². The molecule has 0 amide bonds. The minimum Gasteiger partial charge on any atom is -0.354 e. The van der Waals surface area contributed by atoms with Gasteiger partial charge in [0.05, 0.1) is 17.3 Å². The number of imidazole rings is 1. The highest BCUT2D eigenvalue weighted by atomic mass is 35.5. The van der Waals surface area contributed by atoms with Gasteiger partial charge in [-0.15, -0.1) is 0 Å². The molecule has 3 aromatic heterocycles. The summed E-state index contributed by atoms with van der Waals surface area (Å²) in [6.07, 6.45) is 10.6. The van der Waals surface area contributed by atoms with Crippen molar-refractivity contribution in [1.82, 2.24) is 19.4 Å². The van der Waals surface area contributed by atoms with Crippen LogP contribution in [0.15, 0.2) is 41.2 Å². The average Bonchev–Trinajstić information content (AvgIpc) is 3.03. The molecule has 142 valence electrons. The van der Waals surface area contributed by atoms with Gasteiger partial charge >= 0.3 is 0 Å². The summed E-state index contributed by atoms with van der Waals surface area (Å²) in [6.45, 7) is 1.62. The number of pyridine rings is 1. The van der Waals surface area contributed by atoms with Gasteiger partial charge in [0.2, 0.25) is 0 Å². The molecule has 0 bridgehead atoms. The van der Waals surface area contributed by atoms with E-state index in [-0.39, 0.29) is 6.04 Å². The van der Waals surface area contributed by atoms with Gasteiger partial charge in [0.1, 0.15) is 17.2 Å². The number of hydrogen-bond donors (Lipinski definition) is 0. The van der Waals surface area contributed by atoms with E-state index in [0.717, 1.165) is 36.5 Å². The van der Waals surface area contributed by atoms with E-state index in [1.165, 1.54) is 0 Å². The Morgan fingerprint density at radius 3 is 2.93 bits per heavy atom. The Hall–Kier alpha value is -2.19. The number of nitrogens with zero attached hydrogens (tertiary/aromatic N) is 6. The molecule has 1 atom stereocenters. The molecular weight excluding hydrogens is 384 g/mol. The van der Waals surface area contributed by atoms with Crippen LogP contribution in [0.3, 0.4) is 0 Å². The van der Waals surface area contributed by atoms with Crippen molar-refractivity contribution in [1.29, 1.82) is 0 Å². The van der Waals surface area contributed by atoms with Gasteiger partial charge < -0.3 is 4.90 Å². The quantitative estimate of drug-likeness (QED) is 0.670. The van der Waals surface area contributed by atoms with Crippen molar-refractivity contribution in [2.45, 2.75) is 18.9 Å². The van der Waals surface area contributed by atoms with Gasteiger partial charge in [0.15, 0.2) is 5.82 Å². The second-order valence-corrected chi connectivity index (χ2v) is 10.00. The molecule has 3 aromatic rings. The highest BCUT2D eigenvalue weighted by Crippen LogP contribution is 2.24. The molecule has 4 rings (SSSR count). The molecule has 0 N–H and O–H groups in total. The lowest BCUT2D eigenvalue weighted by atomic mass is 10.1. The van der Waals surface area contributed by atoms with Gasteiger partial charge in [-0.05, 0) is 31.0 Å². The third-order valence-corrected chi connectivity index (χ3v) is 5.49. The van der Waals surface area contributed by atoms with Gasteiger partial charge in [0, 0.05) is 47.7 Å². The molecule has 0 spiro atoms. The van der Waals surface area contributed by atoms with Crippen molar-refractivity contribution in [3.05, 3.63) is 41.8 Å². The van der Waals surface area contributed by atoms with Crippen molar-refractivity contribution in [2.24, 2.45) is 4.36 Å². The summed E-state index contributed by atoms with van der Waals surface area (Å²) in [4.78, 5) is 15.8. The van der Waals surface area contributed by atoms with Crippen LogP contribution < -0.4 is 4.90 Å². The maximum Gasteiger partial charge on any atom is 0.180 e. The van der Waals surface area contributed by atoms with Crippen LogP contribution in [0.5, 0.6) is 0 Å². The molecule has 0 saturated carbocycles. The standard InChI is InChI=1S/C18H21ClN6OS/c1-27(2,26)23-14-4-3-9-24(12-14)17-7-8-20-18(22-17)15-10-21-16-6-5-13(19)11-25(15)16/h5-8,10-11,14H,3-4,9,12H2,1-2H3. The van der Waals surface area contributed by atoms with Gasteiger partial charge in [-0.2, -0.15) is 0 Å². The Balaban J connectivity index is 1.66. The summed E-state index contributed by atoms with van der Waals surface area (Å²) in [5, 5.41) is 0.626. The van der Waals surface area contributed by atoms with Crippen molar-refractivity contribution in [3.8, 4) is 11.5 Å². The minimum absolute atomic E-state index is 0.0641. The number of fused-ring (bicyclic) bond motifs is 1. The lowest BCUT2D eigenvalue weighted by Crippen LogP contribution is -2.38. The molecule has 1 saturated heterocycles. The fourth-order valence-electron chi connectivity index (χ4n) is 3.38. The van der Waals surface area contributed by atoms with Crippen LogP contribution >= 0.6 is 11.6 Å². The van der Waals surface area contributed by atoms with E-state index >= 15 is 0 Å². The number of aromatic nitrogens is 4. The number of rotatable bonds is 3. The highest BCUT2D eigenvalue weighted by molar-refractivity contribution is 7.92. The summed E-state index contributed by atoms with van der Waals surface area (Å²) in [6, 6.07) is 5.63. The first-order valence-electron chi connectivity index (χ1n) is 8.76. The summed E-state index contributed by atoms with van der Waals surface area (Å²) in [7, 11) is -2.11. The van der Waals surface area contributed by atoms with E-state index in [1.807, 2.05) is 28.8 Å². The van der Waals surface area contributed by atoms with Gasteiger partial charge in [-0.3, -0.25) is 8.61 Å². The first kappa shape index (κ1) is 18.2. The molecule has 1 unspecified atom stereocenters. The van der Waals surface area contributed by atoms with E-state index in [1.54, 1.807) is 24.9 Å². The van der Waals surface area contributed by atoms with Crippen molar-refractivity contribution in [2.75, 3.05) is 30.5 Å². The predicted octanol–water partition coefficient (Wildman–Crippen LogP) is 3.14. The SMILES string of the molecule is CS(C)(=O)=NC1CCCN(c2ccnc(-c3cnc4ccc(Cl)cn34)n2)C1. The molecule has 1 aliphatic heterocycles. The van der Waals surface area contributed by atoms with Gasteiger partial charge in [-0.25, -0.2) is 19.3 Å². The fraction of sp³-hybridized carbons (Fsp3) is 0.389. The molecule has 1 aliphatic rings. The zero-order valence-corrected chi connectivity index (χ0v) is 16.8. The topological polar surface area (TPSA) is 75.8 Å². The average molecular weight is 405 g/mol. The third-order valence-electron chi connectivity index (χ3n) is 4.46. The summed E-state index contributed by atoms with van der Waals surface area (Å²) >= 11 is 6.13. The first-order chi connectivity index (χ1) is 12.9. The Morgan fingerprint density at radius 1 is 1.26 bits per heavy atom. The molecule has 9 heteroatoms. The predicted molar refractivity (Wildman–Crippen MR) is 109 cm³/mol. The smallest absolute Gasteiger partial charge is 0.180 e. The number of hydrogen-bond acceptors (Lipinski definition) is 6. The normalized spacial score (nSPS) is 18.0. The molecular formula is C18H21ClN6OS. The fourth-order valence-corrected chi connectivity index (χ4v) is 4.43. The zero-order chi connectivity index (χ0) is 19.0. The van der Waals surface area contributed by atoms with Crippen LogP contribution in [0.25, 0.3) is 17.2 Å². The largest absolute Gasteiger partial charge is 0.354 e. The van der Waals surface area contributed by atoms with Gasteiger partial charge in [-0.1, -0.05) is 11.6 Å². The van der Waals surface area contributed by atoms with Crippen molar-refractivity contribution in [3.63, 3.8) is 0 Å². The van der Waals surface area contributed by atoms with Crippen LogP contribution in [0, 0.1) is 0 Å². The number of anilines is 1. The van der Waals surface area contributed by atoms with Crippen LogP contribution in [0.4, 0.5) is 5.82 Å². The highest BCUT2D eigenvalue weighted by Gasteiger charge is 2.22. The Morgan fingerprint density at radius 2 is 2.11 bits per heavy atom. The van der Waals surface area contributed by atoms with Gasteiger partial charge in [0.25, 0.3) is 0 Å². The molecule has 0 aromatic carbocycles. The zero-order valence-electron chi connectivity index (χ0n) is 15.2. The Kier molecular flexibility index (Phi) is 4.77. The lowest BCUT2D eigenvalue weighted by molar-refractivity contribution is 0.506. The molecule has 27 heavy (non-hydrogen) atoms. The second-order valence-electron chi connectivity index (χ2n) is 6.99. The van der Waals surface area contributed by atoms with Crippen molar-refractivity contribution >= 4 is 32.8 Å². The second kappa shape index (κ2) is 7.09. The first-order valence-corrected chi connectivity index (χ1v) is 11.5. The van der Waals surface area contributed by atoms with E-state index in [9.17, 15) is 4.21 Å². The molecule has 7 nitrogen and oxygen atoms in total. The minimum atomic E-state index is -2.11. The number of halogens is 1. The van der Waals surface area contributed by atoms with E-state index < -0.39 is 9.73 Å². The Labute approximate surface area is 163 Å². The third kappa shape index (κ3) is 4.06. The van der Waals surface area contributed by atoms with Crippen LogP contribution in [0.2, 0.25) is 5.02 Å². The molecule has 1 fully saturated rings. The maximum atomic E-state index is 12.0. The summed E-state index contributed by atoms with van der Waals surface area (Å²) < 4.78 is 18.4. The summed E-state index contributed by atoms with van der Waals surface area (Å²) in [5.74, 6) is 1.44. The van der Waals surface area contributed by atoms with Crippen LogP contribution in [-0.4, -0.2) is 55.2 Å². The van der Waals surface area contributed by atoms with E-state index in [4.69, 9.17) is 16.6 Å². The maximum absolute atomic E-state index is 12.0. The van der Waals surface area contributed by atoms with E-state index in [0.29, 0.717) is 17.4 Å². The van der Waals surface area contributed by atoms with Crippen LogP contribution in [0.1, 0.15) is 12.8 Å². The lowest BCUT2D eigenvalue weighted by Gasteiger charge is -2.31. The molecule has 0 radical (unpaired) electrons. The monoisotopic (exact) mass is 404 g/mol. The number of piperidine rings is 1. The Bertz CT molecular complexity index is 1100. The molecule has 4 heterocycles. The van der Waals surface area contributed by atoms with Crippen molar-refractivity contribution < 1.29 is 4.21 Å². The van der Waals surface area contributed by atoms with Crippen LogP contribution in [-0.2, 0) is 9.73 Å². The summed E-state index contributed by atoms with van der Waals surface area (Å²) in [5.41, 5.74) is 1.58.